The fraction of sp³-hybridized carbons (Fsp3) is 0.409. The van der Waals surface area contributed by atoms with Crippen LogP contribution in [0.25, 0.3) is 0 Å². The second-order valence-electron chi connectivity index (χ2n) is 7.31. The van der Waals surface area contributed by atoms with E-state index in [1.54, 1.807) is 0 Å². The zero-order valence-electron chi connectivity index (χ0n) is 16.6. The first-order chi connectivity index (χ1) is 14.1. The van der Waals surface area contributed by atoms with E-state index in [0.717, 1.165) is 54.0 Å². The molecular weight excluding hydrogens is 390 g/mol. The standard InChI is InChI=1S/C22H26ClN3O3/c1-2-25(14-17-7-8-20-21(13-17)29-16-28-20)22(27)15-24-9-11-26(12-10-24)19-6-4-3-5-18(19)23/h3-8,13H,2,9-12,14-16H2,1H3. The van der Waals surface area contributed by atoms with Gasteiger partial charge in [-0.2, -0.15) is 0 Å². The summed E-state index contributed by atoms with van der Waals surface area (Å²) in [7, 11) is 0. The Labute approximate surface area is 176 Å². The average Bonchev–Trinajstić information content (AvgIpc) is 3.21. The zero-order valence-corrected chi connectivity index (χ0v) is 17.4. The van der Waals surface area contributed by atoms with Gasteiger partial charge in [-0.1, -0.05) is 29.8 Å². The van der Waals surface area contributed by atoms with Crippen molar-refractivity contribution in [3.63, 3.8) is 0 Å². The number of carbonyl (C=O) groups is 1. The normalized spacial score (nSPS) is 16.1. The SMILES string of the molecule is CCN(Cc1ccc2c(c1)OCO2)C(=O)CN1CCN(c2ccccc2Cl)CC1. The maximum atomic E-state index is 12.9. The maximum Gasteiger partial charge on any atom is 0.237 e. The highest BCUT2D eigenvalue weighted by Crippen LogP contribution is 2.32. The molecule has 2 aliphatic heterocycles. The Morgan fingerprint density at radius 3 is 2.59 bits per heavy atom. The number of benzene rings is 2. The number of hydrogen-bond acceptors (Lipinski definition) is 5. The van der Waals surface area contributed by atoms with Crippen molar-refractivity contribution in [2.45, 2.75) is 13.5 Å². The van der Waals surface area contributed by atoms with Gasteiger partial charge in [0.15, 0.2) is 11.5 Å². The molecule has 0 bridgehead atoms. The van der Waals surface area contributed by atoms with Crippen molar-refractivity contribution in [2.24, 2.45) is 0 Å². The van der Waals surface area contributed by atoms with E-state index in [1.165, 1.54) is 0 Å². The van der Waals surface area contributed by atoms with Gasteiger partial charge >= 0.3 is 0 Å². The molecule has 29 heavy (non-hydrogen) atoms. The van der Waals surface area contributed by atoms with Crippen LogP contribution in [0.4, 0.5) is 5.69 Å². The third-order valence-corrected chi connectivity index (χ3v) is 5.79. The van der Waals surface area contributed by atoms with Crippen molar-refractivity contribution in [1.29, 1.82) is 0 Å². The van der Waals surface area contributed by atoms with Crippen LogP contribution in [0.15, 0.2) is 42.5 Å². The van der Waals surface area contributed by atoms with Gasteiger partial charge in [0, 0.05) is 39.3 Å². The number of hydrogen-bond donors (Lipinski definition) is 0. The topological polar surface area (TPSA) is 45.3 Å². The van der Waals surface area contributed by atoms with Crippen LogP contribution in [0.3, 0.4) is 0 Å². The summed E-state index contributed by atoms with van der Waals surface area (Å²) in [5.41, 5.74) is 2.12. The Morgan fingerprint density at radius 2 is 1.83 bits per heavy atom. The fourth-order valence-electron chi connectivity index (χ4n) is 3.78. The summed E-state index contributed by atoms with van der Waals surface area (Å²) in [5, 5.41) is 0.776. The number of para-hydroxylation sites is 1. The zero-order chi connectivity index (χ0) is 20.2. The van der Waals surface area contributed by atoms with Crippen LogP contribution in [0.5, 0.6) is 11.5 Å². The van der Waals surface area contributed by atoms with Crippen molar-refractivity contribution in [2.75, 3.05) is 51.0 Å². The Bertz CT molecular complexity index is 868. The minimum absolute atomic E-state index is 0.149. The van der Waals surface area contributed by atoms with Crippen LogP contribution >= 0.6 is 11.6 Å². The average molecular weight is 416 g/mol. The molecule has 0 aromatic heterocycles. The summed E-state index contributed by atoms with van der Waals surface area (Å²) >= 11 is 6.32. The monoisotopic (exact) mass is 415 g/mol. The predicted octanol–water partition coefficient (Wildman–Crippen LogP) is 3.24. The number of halogens is 1. The minimum atomic E-state index is 0.149. The Morgan fingerprint density at radius 1 is 1.07 bits per heavy atom. The van der Waals surface area contributed by atoms with Crippen LogP contribution in [-0.4, -0.2) is 61.8 Å². The number of rotatable bonds is 6. The molecule has 0 N–H and O–H groups in total. The van der Waals surface area contributed by atoms with Crippen LogP contribution in [0.2, 0.25) is 5.02 Å². The van der Waals surface area contributed by atoms with E-state index in [-0.39, 0.29) is 12.7 Å². The fourth-order valence-corrected chi connectivity index (χ4v) is 4.04. The second-order valence-corrected chi connectivity index (χ2v) is 7.72. The minimum Gasteiger partial charge on any atom is -0.454 e. The number of likely N-dealkylation sites (N-methyl/N-ethyl adjacent to an activating group) is 1. The molecule has 6 nitrogen and oxygen atoms in total. The van der Waals surface area contributed by atoms with Gasteiger partial charge in [-0.15, -0.1) is 0 Å². The number of carbonyl (C=O) groups excluding carboxylic acids is 1. The highest BCUT2D eigenvalue weighted by atomic mass is 35.5. The summed E-state index contributed by atoms with van der Waals surface area (Å²) in [6.07, 6.45) is 0. The van der Waals surface area contributed by atoms with E-state index in [4.69, 9.17) is 21.1 Å². The van der Waals surface area contributed by atoms with Gasteiger partial charge in [-0.25, -0.2) is 0 Å². The molecule has 0 spiro atoms. The number of amides is 1. The van der Waals surface area contributed by atoms with Crippen molar-refractivity contribution >= 4 is 23.2 Å². The van der Waals surface area contributed by atoms with E-state index in [2.05, 4.69) is 9.80 Å². The number of nitrogens with zero attached hydrogens (tertiary/aromatic N) is 3. The van der Waals surface area contributed by atoms with Crippen LogP contribution in [0.1, 0.15) is 12.5 Å². The first-order valence-electron chi connectivity index (χ1n) is 10.0. The van der Waals surface area contributed by atoms with E-state index in [9.17, 15) is 4.79 Å². The number of piperazine rings is 1. The largest absolute Gasteiger partial charge is 0.454 e. The summed E-state index contributed by atoms with van der Waals surface area (Å²) in [4.78, 5) is 19.3. The van der Waals surface area contributed by atoms with Crippen molar-refractivity contribution in [1.82, 2.24) is 9.80 Å². The molecule has 4 rings (SSSR count). The molecule has 0 atom stereocenters. The Hall–Kier alpha value is -2.44. The van der Waals surface area contributed by atoms with Crippen molar-refractivity contribution < 1.29 is 14.3 Å². The highest BCUT2D eigenvalue weighted by molar-refractivity contribution is 6.33. The van der Waals surface area contributed by atoms with E-state index in [1.807, 2.05) is 54.3 Å². The third kappa shape index (κ3) is 4.60. The van der Waals surface area contributed by atoms with Crippen LogP contribution in [0, 0.1) is 0 Å². The van der Waals surface area contributed by atoms with E-state index >= 15 is 0 Å². The lowest BCUT2D eigenvalue weighted by Gasteiger charge is -2.37. The maximum absolute atomic E-state index is 12.9. The molecule has 2 heterocycles. The number of ether oxygens (including phenoxy) is 2. The molecular formula is C22H26ClN3O3. The van der Waals surface area contributed by atoms with Gasteiger partial charge in [0.1, 0.15) is 0 Å². The Balaban J connectivity index is 1.31. The van der Waals surface area contributed by atoms with Crippen molar-refractivity contribution in [3.05, 3.63) is 53.1 Å². The lowest BCUT2D eigenvalue weighted by atomic mass is 10.2. The summed E-state index contributed by atoms with van der Waals surface area (Å²) in [5.74, 6) is 1.66. The molecule has 154 valence electrons. The highest BCUT2D eigenvalue weighted by Gasteiger charge is 2.23. The molecule has 1 fully saturated rings. The second kappa shape index (κ2) is 8.93. The van der Waals surface area contributed by atoms with Gasteiger partial charge in [0.05, 0.1) is 17.3 Å². The Kier molecular flexibility index (Phi) is 6.11. The molecule has 0 saturated carbocycles. The molecule has 2 aromatic rings. The summed E-state index contributed by atoms with van der Waals surface area (Å²) in [6, 6.07) is 13.8. The van der Waals surface area contributed by atoms with E-state index < -0.39 is 0 Å². The van der Waals surface area contributed by atoms with Crippen LogP contribution < -0.4 is 14.4 Å². The van der Waals surface area contributed by atoms with Gasteiger partial charge in [-0.05, 0) is 36.8 Å². The molecule has 7 heteroatoms. The summed E-state index contributed by atoms with van der Waals surface area (Å²) in [6.45, 7) is 7.39. The molecule has 0 unspecified atom stereocenters. The van der Waals surface area contributed by atoms with Gasteiger partial charge in [0.2, 0.25) is 12.7 Å². The summed E-state index contributed by atoms with van der Waals surface area (Å²) < 4.78 is 10.8. The third-order valence-electron chi connectivity index (χ3n) is 5.47. The van der Waals surface area contributed by atoms with Crippen LogP contribution in [-0.2, 0) is 11.3 Å². The molecule has 0 radical (unpaired) electrons. The van der Waals surface area contributed by atoms with Gasteiger partial charge in [-0.3, -0.25) is 9.69 Å². The predicted molar refractivity (Wildman–Crippen MR) is 114 cm³/mol. The quantitative estimate of drug-likeness (QED) is 0.724. The van der Waals surface area contributed by atoms with Gasteiger partial charge in [0.25, 0.3) is 0 Å². The lowest BCUT2D eigenvalue weighted by molar-refractivity contribution is -0.132. The lowest BCUT2D eigenvalue weighted by Crippen LogP contribution is -2.50. The number of anilines is 1. The molecule has 2 aromatic carbocycles. The van der Waals surface area contributed by atoms with Gasteiger partial charge < -0.3 is 19.3 Å². The molecule has 1 amide bonds. The van der Waals surface area contributed by atoms with Crippen molar-refractivity contribution in [3.8, 4) is 11.5 Å². The molecule has 0 aliphatic carbocycles. The first kappa shape index (κ1) is 19.9. The smallest absolute Gasteiger partial charge is 0.237 e. The van der Waals surface area contributed by atoms with E-state index in [0.29, 0.717) is 19.6 Å². The molecule has 1 saturated heterocycles. The number of fused-ring (bicyclic) bond motifs is 1. The molecule has 2 aliphatic rings. The first-order valence-corrected chi connectivity index (χ1v) is 10.4.